The van der Waals surface area contributed by atoms with E-state index >= 15 is 0 Å². The summed E-state index contributed by atoms with van der Waals surface area (Å²) in [7, 11) is 0. The van der Waals surface area contributed by atoms with Crippen LogP contribution in [0.1, 0.15) is 31.2 Å². The molecule has 0 saturated heterocycles. The Morgan fingerprint density at radius 3 is 2.23 bits per heavy atom. The lowest BCUT2D eigenvalue weighted by atomic mass is 9.88. The van der Waals surface area contributed by atoms with Gasteiger partial charge in [-0.2, -0.15) is 0 Å². The third kappa shape index (κ3) is 5.63. The van der Waals surface area contributed by atoms with Gasteiger partial charge in [0.2, 0.25) is 5.91 Å². The van der Waals surface area contributed by atoms with Crippen LogP contribution in [-0.2, 0) is 9.59 Å². The molecule has 0 atom stereocenters. The number of nitrogens with zero attached hydrogens (tertiary/aromatic N) is 3. The first-order chi connectivity index (χ1) is 15.0. The number of hydrogen-bond donors (Lipinski definition) is 3. The standard InChI is InChI=1S/C23H24N6O2/c1-15-10-11-24-20(12-15)29-22-13-21(25-14-26-22)27-17-4-6-18(7-5-17)28-23(31)16-2-8-19(30)9-3-16/h4-7,10-14,16H,2-3,8-9H2,1H3,(H,28,31)(H2,24,25,26,27,29). The molecule has 1 fully saturated rings. The van der Waals surface area contributed by atoms with Gasteiger partial charge in [0.05, 0.1) is 0 Å². The summed E-state index contributed by atoms with van der Waals surface area (Å²) in [6.45, 7) is 2.00. The second-order valence-corrected chi connectivity index (χ2v) is 7.64. The number of rotatable bonds is 6. The van der Waals surface area contributed by atoms with Gasteiger partial charge in [0, 0.05) is 42.4 Å². The Morgan fingerprint density at radius 2 is 1.52 bits per heavy atom. The molecule has 1 aliphatic rings. The van der Waals surface area contributed by atoms with E-state index in [1.165, 1.54) is 6.33 Å². The molecule has 8 nitrogen and oxygen atoms in total. The van der Waals surface area contributed by atoms with Crippen molar-refractivity contribution in [1.82, 2.24) is 15.0 Å². The SMILES string of the molecule is Cc1ccnc(Nc2cc(Nc3ccc(NC(=O)C4CCC(=O)CC4)cc3)ncn2)c1. The Hall–Kier alpha value is -3.81. The molecule has 2 heterocycles. The zero-order chi connectivity index (χ0) is 21.6. The molecule has 1 saturated carbocycles. The molecular weight excluding hydrogens is 392 g/mol. The van der Waals surface area contributed by atoms with E-state index in [0.29, 0.717) is 43.1 Å². The second-order valence-electron chi connectivity index (χ2n) is 7.64. The van der Waals surface area contributed by atoms with Crippen molar-refractivity contribution in [2.75, 3.05) is 16.0 Å². The van der Waals surface area contributed by atoms with Crippen LogP contribution in [0.2, 0.25) is 0 Å². The number of Topliss-reactive ketones (excluding diaryl/α,β-unsaturated/α-hetero) is 1. The molecule has 31 heavy (non-hydrogen) atoms. The Morgan fingerprint density at radius 1 is 0.871 bits per heavy atom. The molecule has 3 N–H and O–H groups in total. The van der Waals surface area contributed by atoms with Crippen LogP contribution >= 0.6 is 0 Å². The minimum absolute atomic E-state index is 0.0236. The third-order valence-electron chi connectivity index (χ3n) is 5.18. The minimum Gasteiger partial charge on any atom is -0.340 e. The summed E-state index contributed by atoms with van der Waals surface area (Å²) in [5, 5.41) is 9.33. The number of aryl methyl sites for hydroxylation is 1. The first-order valence-electron chi connectivity index (χ1n) is 10.3. The fourth-order valence-corrected chi connectivity index (χ4v) is 3.46. The summed E-state index contributed by atoms with van der Waals surface area (Å²) in [6, 6.07) is 13.1. The number of carbonyl (C=O) groups excluding carboxylic acids is 2. The number of carbonyl (C=O) groups is 2. The molecule has 0 aliphatic heterocycles. The summed E-state index contributed by atoms with van der Waals surface area (Å²) in [5.74, 6) is 2.11. The average Bonchev–Trinajstić information content (AvgIpc) is 2.76. The van der Waals surface area contributed by atoms with Gasteiger partial charge >= 0.3 is 0 Å². The Bertz CT molecular complexity index is 1070. The van der Waals surface area contributed by atoms with Gasteiger partial charge in [0.25, 0.3) is 0 Å². The first-order valence-corrected chi connectivity index (χ1v) is 10.3. The van der Waals surface area contributed by atoms with Crippen LogP contribution in [0, 0.1) is 12.8 Å². The van der Waals surface area contributed by atoms with Crippen molar-refractivity contribution in [3.63, 3.8) is 0 Å². The van der Waals surface area contributed by atoms with Crippen LogP contribution in [0.25, 0.3) is 0 Å². The fourth-order valence-electron chi connectivity index (χ4n) is 3.46. The zero-order valence-corrected chi connectivity index (χ0v) is 17.3. The number of nitrogens with one attached hydrogen (secondary N) is 3. The molecule has 2 aromatic heterocycles. The molecule has 1 amide bonds. The maximum absolute atomic E-state index is 12.4. The maximum atomic E-state index is 12.4. The average molecular weight is 416 g/mol. The van der Waals surface area contributed by atoms with Crippen molar-refractivity contribution in [2.45, 2.75) is 32.6 Å². The monoisotopic (exact) mass is 416 g/mol. The van der Waals surface area contributed by atoms with Gasteiger partial charge in [-0.3, -0.25) is 9.59 Å². The van der Waals surface area contributed by atoms with Crippen molar-refractivity contribution in [3.8, 4) is 0 Å². The van der Waals surface area contributed by atoms with Crippen LogP contribution in [0.5, 0.6) is 0 Å². The highest BCUT2D eigenvalue weighted by Gasteiger charge is 2.24. The predicted octanol–water partition coefficient (Wildman–Crippen LogP) is 4.37. The lowest BCUT2D eigenvalue weighted by Gasteiger charge is -2.20. The van der Waals surface area contributed by atoms with E-state index < -0.39 is 0 Å². The van der Waals surface area contributed by atoms with Crippen LogP contribution < -0.4 is 16.0 Å². The van der Waals surface area contributed by atoms with E-state index in [2.05, 4.69) is 30.9 Å². The third-order valence-corrected chi connectivity index (χ3v) is 5.18. The van der Waals surface area contributed by atoms with Gasteiger partial charge in [0.15, 0.2) is 0 Å². The number of hydrogen-bond acceptors (Lipinski definition) is 7. The summed E-state index contributed by atoms with van der Waals surface area (Å²) >= 11 is 0. The van der Waals surface area contributed by atoms with Crippen LogP contribution in [0.15, 0.2) is 55.0 Å². The summed E-state index contributed by atoms with van der Waals surface area (Å²) in [4.78, 5) is 36.5. The largest absolute Gasteiger partial charge is 0.340 e. The Kier molecular flexibility index (Phi) is 6.16. The lowest BCUT2D eigenvalue weighted by Crippen LogP contribution is -2.27. The Balaban J connectivity index is 1.35. The van der Waals surface area contributed by atoms with E-state index in [4.69, 9.17) is 0 Å². The van der Waals surface area contributed by atoms with Crippen LogP contribution in [0.4, 0.5) is 28.8 Å². The topological polar surface area (TPSA) is 109 Å². The number of pyridine rings is 1. The normalized spacial score (nSPS) is 14.2. The number of aromatic nitrogens is 3. The van der Waals surface area contributed by atoms with Gasteiger partial charge in [-0.05, 0) is 61.7 Å². The number of anilines is 5. The lowest BCUT2D eigenvalue weighted by molar-refractivity contribution is -0.125. The van der Waals surface area contributed by atoms with Crippen molar-refractivity contribution in [1.29, 1.82) is 0 Å². The second kappa shape index (κ2) is 9.34. The molecule has 0 bridgehead atoms. The van der Waals surface area contributed by atoms with E-state index in [1.54, 1.807) is 12.3 Å². The van der Waals surface area contributed by atoms with Crippen molar-refractivity contribution < 1.29 is 9.59 Å². The van der Waals surface area contributed by atoms with E-state index in [9.17, 15) is 9.59 Å². The zero-order valence-electron chi connectivity index (χ0n) is 17.3. The van der Waals surface area contributed by atoms with Crippen molar-refractivity contribution in [2.24, 2.45) is 5.92 Å². The molecule has 0 spiro atoms. The molecule has 0 radical (unpaired) electrons. The quantitative estimate of drug-likeness (QED) is 0.547. The van der Waals surface area contributed by atoms with E-state index in [0.717, 1.165) is 16.9 Å². The minimum atomic E-state index is -0.0923. The highest BCUT2D eigenvalue weighted by atomic mass is 16.2. The number of ketones is 1. The van der Waals surface area contributed by atoms with Gasteiger partial charge in [-0.15, -0.1) is 0 Å². The summed E-state index contributed by atoms with van der Waals surface area (Å²) in [5.41, 5.74) is 2.66. The first kappa shape index (κ1) is 20.5. The molecule has 158 valence electrons. The van der Waals surface area contributed by atoms with Crippen LogP contribution in [0.3, 0.4) is 0 Å². The van der Waals surface area contributed by atoms with Gasteiger partial charge < -0.3 is 16.0 Å². The number of amides is 1. The molecule has 1 aromatic carbocycles. The van der Waals surface area contributed by atoms with E-state index in [1.807, 2.05) is 43.3 Å². The molecule has 0 unspecified atom stereocenters. The smallest absolute Gasteiger partial charge is 0.227 e. The number of benzene rings is 1. The summed E-state index contributed by atoms with van der Waals surface area (Å²) in [6.07, 6.45) is 5.47. The predicted molar refractivity (Wildman–Crippen MR) is 120 cm³/mol. The highest BCUT2D eigenvalue weighted by Crippen LogP contribution is 2.24. The van der Waals surface area contributed by atoms with Crippen molar-refractivity contribution >= 4 is 40.5 Å². The molecule has 4 rings (SSSR count). The van der Waals surface area contributed by atoms with E-state index in [-0.39, 0.29) is 17.6 Å². The Labute approximate surface area is 180 Å². The van der Waals surface area contributed by atoms with Gasteiger partial charge in [-0.1, -0.05) is 0 Å². The highest BCUT2D eigenvalue weighted by molar-refractivity contribution is 5.94. The van der Waals surface area contributed by atoms with Gasteiger partial charge in [-0.25, -0.2) is 15.0 Å². The molecule has 3 aromatic rings. The van der Waals surface area contributed by atoms with Crippen LogP contribution in [-0.4, -0.2) is 26.6 Å². The maximum Gasteiger partial charge on any atom is 0.227 e. The van der Waals surface area contributed by atoms with Crippen molar-refractivity contribution in [3.05, 3.63) is 60.6 Å². The molecular formula is C23H24N6O2. The molecule has 8 heteroatoms. The molecule has 1 aliphatic carbocycles. The summed E-state index contributed by atoms with van der Waals surface area (Å²) < 4.78 is 0. The van der Waals surface area contributed by atoms with Gasteiger partial charge in [0.1, 0.15) is 29.6 Å². The fraction of sp³-hybridized carbons (Fsp3) is 0.261.